The molecule has 1 saturated carbocycles. The number of methoxy groups -OCH3 is 4. The van der Waals surface area contributed by atoms with E-state index in [1.165, 1.54) is 11.2 Å². The summed E-state index contributed by atoms with van der Waals surface area (Å²) in [7, 11) is 6.41. The van der Waals surface area contributed by atoms with Crippen molar-refractivity contribution in [2.45, 2.75) is 238 Å². The van der Waals surface area contributed by atoms with Gasteiger partial charge in [-0.15, -0.1) is 5.10 Å². The van der Waals surface area contributed by atoms with Crippen molar-refractivity contribution >= 4 is 63.1 Å². The van der Waals surface area contributed by atoms with Crippen molar-refractivity contribution in [3.8, 4) is 11.3 Å². The number of unbranched alkanes of at least 4 members (excludes halogenated alkanes) is 2. The highest BCUT2D eigenvalue weighted by atomic mass is 16.6. The SMILES string of the molecule is CO[C@H]1C[C@@H]2CC[C@@H](C)[C@@](O)(O2)C(=O)C(=O)N2CCCC[C@H]2C(=O)O[C@H]([C@H](C)C[C@@H]2CC[C@@H](O)[C@H](OC)C2)C[C@@H](OC)[C@H](C)/C=C(\C)[C@@H](O)[C@@H](OC)C(=NCCc2cn(CCOCCOCCOCCOCCOCCOCCOCCOCCC(=O)CCCCCn3nc(-c4ccc5oc(N)nc5c4)c4c(N)ncnc43)nn2)[C@H](C)C[C@H](C)/C=C/C=C/C=C/1C. The number of carbonyl (C=O) groups is 4. The molecule has 4 aromatic heterocycles. The second kappa shape index (κ2) is 54.0. The van der Waals surface area contributed by atoms with Gasteiger partial charge in [0.25, 0.3) is 17.7 Å². The van der Waals surface area contributed by atoms with Crippen LogP contribution in [0.3, 0.4) is 0 Å². The largest absolute Gasteiger partial charge is 0.460 e. The number of Topliss-reactive ketones (excluding diaryl/α,β-unsaturated/α-hetero) is 2. The summed E-state index contributed by atoms with van der Waals surface area (Å²) in [6.45, 7) is 21.9. The van der Waals surface area contributed by atoms with Gasteiger partial charge >= 0.3 is 5.97 Å². The number of esters is 1. The molecular weight excluding hydrogens is 1630 g/mol. The number of cyclic esters (lactones) is 1. The standard InChI is InChI=1S/C92H142N12O22/c1-61-20-14-12-15-21-62(2)77(112-8)57-72-27-24-67(7)92(111,126-72)86(108)89(109)103-33-19-17-23-74(103)90(110)124-79(64(4)54-68-25-28-75(106)80(55-68)114-10)58-78(113-9)63(3)53-66(6)84(107)85(115-11)82(65(5)52-61)95-32-30-70-59-102(101-99-70)35-37-117-39-41-119-43-45-121-47-49-123-51-50-122-48-46-120-44-42-118-40-38-116-36-31-71(105)22-16-13-18-34-104-88-81(87(93)96-60-97-88)83(100-104)69-26-29-76-73(56-69)98-91(94)125-76/h12,14-15,20-21,26,29,53,56,59-61,63-65,67-68,72,74-75,77-80,84-85,106-107,111H,13,16-19,22-25,27-28,30-52,54-55,57-58H2,1-11H3,(H2,94,98)(H2,93,96,97)/b15-12+,20-14+,62-21+,66-53+,95-82?/t61-,63-,64-,65-,67-,68+,72+,74+,75-,77+,78-,79+,80-,84-,85+,92-/m1/s1. The topological polar surface area (TPSA) is 426 Å². The Morgan fingerprint density at radius 1 is 0.706 bits per heavy atom. The molecule has 3 aliphatic heterocycles. The first-order valence-electron chi connectivity index (χ1n) is 45.3. The van der Waals surface area contributed by atoms with Crippen LogP contribution in [-0.2, 0) is 105 Å². The summed E-state index contributed by atoms with van der Waals surface area (Å²) in [6.07, 6.45) is 20.1. The number of carbonyl (C=O) groups excluding carboxylic acids is 4. The number of oxazole rings is 1. The zero-order valence-electron chi connectivity index (χ0n) is 76.1. The molecule has 3 fully saturated rings. The van der Waals surface area contributed by atoms with Crippen molar-refractivity contribution in [3.63, 3.8) is 0 Å². The molecule has 1 aliphatic carbocycles. The molecule has 7 heterocycles. The van der Waals surface area contributed by atoms with Crippen LogP contribution in [0.2, 0.25) is 0 Å². The number of rotatable bonds is 44. The Labute approximate surface area is 741 Å². The fourth-order valence-electron chi connectivity index (χ4n) is 17.0. The van der Waals surface area contributed by atoms with Crippen molar-refractivity contribution in [2.75, 3.05) is 159 Å². The third-order valence-corrected chi connectivity index (χ3v) is 24.4. The number of nitrogen functional groups attached to an aromatic ring is 2. The van der Waals surface area contributed by atoms with Gasteiger partial charge in [-0.05, 0) is 144 Å². The van der Waals surface area contributed by atoms with E-state index < -0.39 is 78.1 Å². The number of aliphatic hydroxyl groups excluding tert-OH is 2. The maximum Gasteiger partial charge on any atom is 0.329 e. The average Bonchev–Trinajstić information content (AvgIpc) is 1.72. The minimum Gasteiger partial charge on any atom is -0.460 e. The Morgan fingerprint density at radius 3 is 2.05 bits per heavy atom. The number of nitrogens with two attached hydrogens (primary N) is 2. The Hall–Kier alpha value is -7.75. The number of benzene rings is 1. The monoisotopic (exact) mass is 1770 g/mol. The van der Waals surface area contributed by atoms with Gasteiger partial charge in [0, 0.05) is 109 Å². The van der Waals surface area contributed by atoms with Gasteiger partial charge in [0.1, 0.15) is 53.5 Å². The molecule has 34 nitrogen and oxygen atoms in total. The van der Waals surface area contributed by atoms with Gasteiger partial charge in [-0.1, -0.05) is 82.7 Å². The zero-order valence-corrected chi connectivity index (χ0v) is 76.1. The Morgan fingerprint density at radius 2 is 1.38 bits per heavy atom. The number of aliphatic imine (C=N–C) groups is 1. The number of ether oxygens (including phenoxy) is 14. The minimum atomic E-state index is -2.43. The second-order valence-electron chi connectivity index (χ2n) is 33.9. The molecular formula is C92H142N12O22. The van der Waals surface area contributed by atoms with E-state index in [2.05, 4.69) is 45.2 Å². The Balaban J connectivity index is 0.647. The molecule has 1 amide bonds. The number of hydrogen-bond donors (Lipinski definition) is 5. The third-order valence-electron chi connectivity index (χ3n) is 24.4. The van der Waals surface area contributed by atoms with Crippen LogP contribution in [-0.4, -0.2) is 297 Å². The van der Waals surface area contributed by atoms with Crippen LogP contribution in [0.15, 0.2) is 87.7 Å². The van der Waals surface area contributed by atoms with E-state index in [-0.39, 0.29) is 66.9 Å². The lowest BCUT2D eigenvalue weighted by Crippen LogP contribution is -2.61. The number of ketones is 2. The van der Waals surface area contributed by atoms with Crippen molar-refractivity contribution in [1.82, 2.24) is 44.6 Å². The minimum absolute atomic E-state index is 0.0777. The van der Waals surface area contributed by atoms with Crippen LogP contribution >= 0.6 is 0 Å². The summed E-state index contributed by atoms with van der Waals surface area (Å²) in [5, 5.41) is 49.7. The first kappa shape index (κ1) is 102. The van der Waals surface area contributed by atoms with Gasteiger partial charge < -0.3 is 102 Å². The molecule has 9 rings (SSSR count). The number of aromatic nitrogens is 8. The van der Waals surface area contributed by atoms with Gasteiger partial charge in [-0.3, -0.25) is 19.4 Å². The zero-order chi connectivity index (χ0) is 90.3. The van der Waals surface area contributed by atoms with Gasteiger partial charge in [-0.25, -0.2) is 24.1 Å². The Kier molecular flexibility index (Phi) is 43.7. The lowest BCUT2D eigenvalue weighted by atomic mass is 9.78. The molecule has 7 N–H and O–H groups in total. The van der Waals surface area contributed by atoms with E-state index in [1.54, 1.807) is 46.1 Å². The van der Waals surface area contributed by atoms with E-state index in [0.29, 0.717) is 247 Å². The van der Waals surface area contributed by atoms with Gasteiger partial charge in [-0.2, -0.15) is 10.1 Å². The summed E-state index contributed by atoms with van der Waals surface area (Å²) >= 11 is 0. The van der Waals surface area contributed by atoms with Crippen LogP contribution in [0.5, 0.6) is 0 Å². The van der Waals surface area contributed by atoms with Crippen LogP contribution < -0.4 is 11.5 Å². The summed E-state index contributed by atoms with van der Waals surface area (Å²) in [5.41, 5.74) is 18.3. The number of allylic oxidation sites excluding steroid dienone is 5. The van der Waals surface area contributed by atoms with Crippen molar-refractivity contribution in [3.05, 3.63) is 84.0 Å². The van der Waals surface area contributed by atoms with Gasteiger partial charge in [0.2, 0.25) is 5.79 Å². The van der Waals surface area contributed by atoms with E-state index in [4.69, 9.17) is 92.3 Å². The molecule has 0 radical (unpaired) electrons. The summed E-state index contributed by atoms with van der Waals surface area (Å²) in [4.78, 5) is 75.9. The average molecular weight is 1770 g/mol. The van der Waals surface area contributed by atoms with Crippen LogP contribution in [0, 0.1) is 35.5 Å². The number of amides is 1. The highest BCUT2D eigenvalue weighted by Gasteiger charge is 2.53. The maximum atomic E-state index is 14.9. The molecule has 2 bridgehead atoms. The highest BCUT2D eigenvalue weighted by Crippen LogP contribution is 2.40. The van der Waals surface area contributed by atoms with Crippen LogP contribution in [0.4, 0.5) is 11.8 Å². The number of aryl methyl sites for hydroxylation is 1. The molecule has 1 aromatic carbocycles. The Bertz CT molecular complexity index is 4270. The quantitative estimate of drug-likeness (QED) is 0.0105. The van der Waals surface area contributed by atoms with E-state index in [1.807, 2.05) is 81.1 Å². The molecule has 2 saturated heterocycles. The molecule has 5 aromatic rings. The fraction of sp³-hybridized carbons (Fsp3) is 0.707. The van der Waals surface area contributed by atoms with E-state index in [0.717, 1.165) is 42.5 Å². The lowest BCUT2D eigenvalue weighted by Gasteiger charge is -2.43. The van der Waals surface area contributed by atoms with Gasteiger partial charge in [0.15, 0.2) is 11.2 Å². The summed E-state index contributed by atoms with van der Waals surface area (Å²) < 4.78 is 91.4. The van der Waals surface area contributed by atoms with Crippen molar-refractivity contribution in [2.24, 2.45) is 40.5 Å². The summed E-state index contributed by atoms with van der Waals surface area (Å²) in [5.74, 6) is -5.85. The molecule has 0 spiro atoms. The molecule has 34 heteroatoms. The first-order valence-corrected chi connectivity index (χ1v) is 45.3. The number of hydrogen-bond acceptors (Lipinski definition) is 31. The molecule has 126 heavy (non-hydrogen) atoms. The molecule has 4 aliphatic rings. The number of piperidine rings is 1. The normalized spacial score (nSPS) is 27.6. The molecule has 16 atom stereocenters. The van der Waals surface area contributed by atoms with Crippen LogP contribution in [0.1, 0.15) is 163 Å². The second-order valence-corrected chi connectivity index (χ2v) is 33.9. The van der Waals surface area contributed by atoms with E-state index >= 15 is 0 Å². The van der Waals surface area contributed by atoms with E-state index in [9.17, 15) is 34.5 Å². The number of fused-ring (bicyclic) bond motifs is 5. The van der Waals surface area contributed by atoms with Crippen LogP contribution in [0.25, 0.3) is 33.4 Å². The third kappa shape index (κ3) is 31.5. The predicted molar refractivity (Wildman–Crippen MR) is 474 cm³/mol. The van der Waals surface area contributed by atoms with Gasteiger partial charge in [0.05, 0.1) is 154 Å². The first-order chi connectivity index (χ1) is 60.9. The van der Waals surface area contributed by atoms with Crippen molar-refractivity contribution < 1.29 is 105 Å². The lowest BCUT2D eigenvalue weighted by molar-refractivity contribution is -0.265. The molecule has 0 unspecified atom stereocenters. The van der Waals surface area contributed by atoms with Crippen molar-refractivity contribution in [1.29, 1.82) is 0 Å². The predicted octanol–water partition coefficient (Wildman–Crippen LogP) is 9.80. The fourth-order valence-corrected chi connectivity index (χ4v) is 17.0. The summed E-state index contributed by atoms with van der Waals surface area (Å²) in [6, 6.07) is 4.52. The number of aliphatic hydroxyl groups is 3. The number of nitrogens with zero attached hydrogens (tertiary/aromatic N) is 10. The maximum absolute atomic E-state index is 14.9. The smallest absolute Gasteiger partial charge is 0.329 e. The number of anilines is 2. The highest BCUT2D eigenvalue weighted by molar-refractivity contribution is 6.39. The molecule has 702 valence electrons.